The van der Waals surface area contributed by atoms with Crippen LogP contribution in [0.25, 0.3) is 0 Å². The smallest absolute Gasteiger partial charge is 0.251 e. The number of nitrogens with one attached hydrogen (secondary N) is 1. The molecule has 5 nitrogen and oxygen atoms in total. The summed E-state index contributed by atoms with van der Waals surface area (Å²) < 4.78 is 24.2. The van der Waals surface area contributed by atoms with E-state index in [2.05, 4.69) is 21.2 Å². The molecule has 1 N–H and O–H groups in total. The molecule has 1 aromatic carbocycles. The third-order valence-corrected chi connectivity index (χ3v) is 5.09. The van der Waals surface area contributed by atoms with Crippen LogP contribution in [0.4, 0.5) is 0 Å². The topological polar surface area (TPSA) is 66.5 Å². The predicted octanol–water partition coefficient (Wildman–Crippen LogP) is 1.98. The molecule has 0 aromatic heterocycles. The number of benzene rings is 1. The number of sulfonamides is 1. The Bertz CT molecular complexity index is 558. The Morgan fingerprint density at radius 1 is 1.29 bits per heavy atom. The van der Waals surface area contributed by atoms with Crippen molar-refractivity contribution in [3.63, 3.8) is 0 Å². The van der Waals surface area contributed by atoms with Crippen molar-refractivity contribution in [3.05, 3.63) is 35.4 Å². The van der Waals surface area contributed by atoms with Crippen molar-refractivity contribution in [1.82, 2.24) is 9.62 Å². The molecule has 0 aliphatic rings. The molecule has 0 saturated carbocycles. The molecule has 0 aliphatic carbocycles. The van der Waals surface area contributed by atoms with Crippen molar-refractivity contribution in [2.24, 2.45) is 0 Å². The van der Waals surface area contributed by atoms with Crippen LogP contribution in [0.3, 0.4) is 0 Å². The molecular formula is C14H21BrN2O3S. The van der Waals surface area contributed by atoms with E-state index in [4.69, 9.17) is 0 Å². The molecule has 0 aliphatic heterocycles. The minimum atomic E-state index is -3.16. The normalized spacial score (nSPS) is 11.6. The monoisotopic (exact) mass is 376 g/mol. The Balaban J connectivity index is 2.39. The maximum absolute atomic E-state index is 11.9. The average molecular weight is 377 g/mol. The summed E-state index contributed by atoms with van der Waals surface area (Å²) in [7, 11) is -3.16. The van der Waals surface area contributed by atoms with Crippen LogP contribution in [-0.4, -0.2) is 44.5 Å². The Morgan fingerprint density at radius 3 is 2.38 bits per heavy atom. The first-order chi connectivity index (χ1) is 9.88. The maximum Gasteiger partial charge on any atom is 0.251 e. The second kappa shape index (κ2) is 8.51. The number of amides is 1. The second-order valence-corrected chi connectivity index (χ2v) is 7.24. The van der Waals surface area contributed by atoms with Gasteiger partial charge in [0.05, 0.1) is 6.26 Å². The minimum absolute atomic E-state index is 0.140. The van der Waals surface area contributed by atoms with E-state index in [9.17, 15) is 13.2 Å². The summed E-state index contributed by atoms with van der Waals surface area (Å²) in [5, 5.41) is 3.55. The van der Waals surface area contributed by atoms with Crippen molar-refractivity contribution < 1.29 is 13.2 Å². The number of hydrogen-bond donors (Lipinski definition) is 1. The van der Waals surface area contributed by atoms with E-state index in [1.165, 1.54) is 10.6 Å². The van der Waals surface area contributed by atoms with E-state index in [-0.39, 0.29) is 5.91 Å². The number of carbonyl (C=O) groups excluding carboxylic acids is 1. The zero-order chi connectivity index (χ0) is 15.9. The van der Waals surface area contributed by atoms with Crippen LogP contribution in [-0.2, 0) is 15.4 Å². The number of alkyl halides is 1. The van der Waals surface area contributed by atoms with Gasteiger partial charge in [-0.2, -0.15) is 0 Å². The summed E-state index contributed by atoms with van der Waals surface area (Å²) in [6.07, 6.45) is 1.78. The van der Waals surface area contributed by atoms with Crippen LogP contribution >= 0.6 is 15.9 Å². The third kappa shape index (κ3) is 6.15. The number of halogens is 1. The van der Waals surface area contributed by atoms with Crippen molar-refractivity contribution >= 4 is 31.9 Å². The van der Waals surface area contributed by atoms with Gasteiger partial charge < -0.3 is 5.32 Å². The van der Waals surface area contributed by atoms with Gasteiger partial charge in [-0.1, -0.05) is 35.0 Å². The molecule has 1 aromatic rings. The molecule has 0 spiro atoms. The summed E-state index contributed by atoms with van der Waals surface area (Å²) >= 11 is 3.35. The second-order valence-electron chi connectivity index (χ2n) is 4.69. The molecular weight excluding hydrogens is 356 g/mol. The summed E-state index contributed by atoms with van der Waals surface area (Å²) in [5.41, 5.74) is 1.72. The Kier molecular flexibility index (Phi) is 7.34. The molecule has 0 bridgehead atoms. The third-order valence-electron chi connectivity index (χ3n) is 3.06. The molecule has 0 radical (unpaired) electrons. The fourth-order valence-corrected chi connectivity index (χ4v) is 3.17. The van der Waals surface area contributed by atoms with Gasteiger partial charge in [-0.25, -0.2) is 12.7 Å². The lowest BCUT2D eigenvalue weighted by molar-refractivity contribution is 0.0953. The van der Waals surface area contributed by atoms with E-state index in [1.54, 1.807) is 19.1 Å². The highest BCUT2D eigenvalue weighted by Gasteiger charge is 2.13. The number of nitrogens with zero attached hydrogens (tertiary/aromatic N) is 1. The summed E-state index contributed by atoms with van der Waals surface area (Å²) in [6, 6.07) is 7.35. The standard InChI is InChI=1S/C14H21BrN2O3S/c1-3-17(21(2,19)20)10-4-9-16-14(18)13-7-5-12(11-15)6-8-13/h5-8H,3-4,9-11H2,1-2H3,(H,16,18). The molecule has 7 heteroatoms. The van der Waals surface area contributed by atoms with Crippen LogP contribution in [0.1, 0.15) is 29.3 Å². The molecule has 1 amide bonds. The highest BCUT2D eigenvalue weighted by Crippen LogP contribution is 2.07. The van der Waals surface area contributed by atoms with Crippen LogP contribution in [0.2, 0.25) is 0 Å². The lowest BCUT2D eigenvalue weighted by Crippen LogP contribution is -2.33. The van der Waals surface area contributed by atoms with E-state index >= 15 is 0 Å². The largest absolute Gasteiger partial charge is 0.352 e. The van der Waals surface area contributed by atoms with Crippen molar-refractivity contribution in [2.75, 3.05) is 25.9 Å². The molecule has 21 heavy (non-hydrogen) atoms. The Morgan fingerprint density at radius 2 is 1.90 bits per heavy atom. The van der Waals surface area contributed by atoms with E-state index in [0.29, 0.717) is 31.6 Å². The SMILES string of the molecule is CCN(CCCNC(=O)c1ccc(CBr)cc1)S(C)(=O)=O. The summed E-state index contributed by atoms with van der Waals surface area (Å²) in [6.45, 7) is 3.11. The number of carbonyl (C=O) groups is 1. The van der Waals surface area contributed by atoms with Crippen LogP contribution in [0, 0.1) is 0 Å². The molecule has 0 unspecified atom stereocenters. The Hall–Kier alpha value is -0.920. The predicted molar refractivity (Wildman–Crippen MR) is 88.1 cm³/mol. The van der Waals surface area contributed by atoms with Gasteiger partial charge in [-0.15, -0.1) is 0 Å². The van der Waals surface area contributed by atoms with Crippen LogP contribution in [0.5, 0.6) is 0 Å². The highest BCUT2D eigenvalue weighted by molar-refractivity contribution is 9.08. The van der Waals surface area contributed by atoms with Gasteiger partial charge in [0.2, 0.25) is 10.0 Å². The molecule has 1 rings (SSSR count). The van der Waals surface area contributed by atoms with Crippen molar-refractivity contribution in [3.8, 4) is 0 Å². The van der Waals surface area contributed by atoms with E-state index in [1.807, 2.05) is 12.1 Å². The lowest BCUT2D eigenvalue weighted by Gasteiger charge is -2.17. The summed E-state index contributed by atoms with van der Waals surface area (Å²) in [5.74, 6) is -0.140. The molecule has 0 atom stereocenters. The number of rotatable bonds is 8. The average Bonchev–Trinajstić information content (AvgIpc) is 2.45. The van der Waals surface area contributed by atoms with Gasteiger partial charge in [0.25, 0.3) is 5.91 Å². The molecule has 0 fully saturated rings. The first kappa shape index (κ1) is 18.1. The fraction of sp³-hybridized carbons (Fsp3) is 0.500. The Labute approximate surface area is 134 Å². The number of hydrogen-bond acceptors (Lipinski definition) is 3. The van der Waals surface area contributed by atoms with Crippen molar-refractivity contribution in [1.29, 1.82) is 0 Å². The summed E-state index contributed by atoms with van der Waals surface area (Å²) in [4.78, 5) is 11.9. The first-order valence-electron chi connectivity index (χ1n) is 6.76. The van der Waals surface area contributed by atoms with Gasteiger partial charge >= 0.3 is 0 Å². The van der Waals surface area contributed by atoms with Gasteiger partial charge in [-0.3, -0.25) is 4.79 Å². The zero-order valence-electron chi connectivity index (χ0n) is 12.3. The van der Waals surface area contributed by atoms with E-state index in [0.717, 1.165) is 10.9 Å². The highest BCUT2D eigenvalue weighted by atomic mass is 79.9. The lowest BCUT2D eigenvalue weighted by atomic mass is 10.1. The van der Waals surface area contributed by atoms with E-state index < -0.39 is 10.0 Å². The fourth-order valence-electron chi connectivity index (χ4n) is 1.86. The first-order valence-corrected chi connectivity index (χ1v) is 9.73. The maximum atomic E-state index is 11.9. The molecule has 118 valence electrons. The van der Waals surface area contributed by atoms with Gasteiger partial charge in [0.1, 0.15) is 0 Å². The van der Waals surface area contributed by atoms with Crippen LogP contribution in [0.15, 0.2) is 24.3 Å². The molecule has 0 saturated heterocycles. The van der Waals surface area contributed by atoms with Gasteiger partial charge in [0, 0.05) is 30.5 Å². The van der Waals surface area contributed by atoms with Crippen molar-refractivity contribution in [2.45, 2.75) is 18.7 Å². The zero-order valence-corrected chi connectivity index (χ0v) is 14.7. The molecule has 0 heterocycles. The van der Waals surface area contributed by atoms with Crippen LogP contribution < -0.4 is 5.32 Å². The van der Waals surface area contributed by atoms with Gasteiger partial charge in [0.15, 0.2) is 0 Å². The van der Waals surface area contributed by atoms with Gasteiger partial charge in [-0.05, 0) is 24.1 Å². The quantitative estimate of drug-likeness (QED) is 0.557. The minimum Gasteiger partial charge on any atom is -0.352 e.